The summed E-state index contributed by atoms with van der Waals surface area (Å²) >= 11 is 0. The van der Waals surface area contributed by atoms with Crippen molar-refractivity contribution in [1.82, 2.24) is 4.57 Å². The Kier molecular flexibility index (Phi) is 4.72. The zero-order chi connectivity index (χ0) is 23.5. The van der Waals surface area contributed by atoms with Gasteiger partial charge in [0.1, 0.15) is 0 Å². The number of aliphatic hydroxyl groups is 1. The second-order valence-electron chi connectivity index (χ2n) is 7.35. The van der Waals surface area contributed by atoms with Gasteiger partial charge in [0.15, 0.2) is 5.78 Å². The number of nitrogens with one attached hydrogen (secondary N) is 1. The molecule has 9 nitrogen and oxygen atoms in total. The van der Waals surface area contributed by atoms with E-state index in [0.717, 1.165) is 16.7 Å². The van der Waals surface area contributed by atoms with Crippen LogP contribution in [-0.2, 0) is 10.1 Å². The molecule has 2 aliphatic rings. The summed E-state index contributed by atoms with van der Waals surface area (Å²) in [5, 5.41) is 18.6. The van der Waals surface area contributed by atoms with Crippen molar-refractivity contribution in [2.45, 2.75) is 18.7 Å². The quantitative estimate of drug-likeness (QED) is 0.312. The number of carbonyl (C=O) groups excluding carboxylic acids is 1. The lowest BCUT2D eigenvalue weighted by molar-refractivity contribution is 0.101. The van der Waals surface area contributed by atoms with E-state index >= 15 is 0 Å². The summed E-state index contributed by atoms with van der Waals surface area (Å²) in [6.45, 7) is 2.65. The van der Waals surface area contributed by atoms with E-state index in [1.165, 1.54) is 44.2 Å². The molecule has 1 aliphatic heterocycles. The van der Waals surface area contributed by atoms with Crippen molar-refractivity contribution in [3.8, 4) is 16.8 Å². The maximum atomic E-state index is 13.3. The molecule has 10 heteroatoms. The van der Waals surface area contributed by atoms with Crippen LogP contribution in [0.15, 0.2) is 56.9 Å². The lowest BCUT2D eigenvalue weighted by Gasteiger charge is -2.16. The van der Waals surface area contributed by atoms with Crippen molar-refractivity contribution in [3.05, 3.63) is 79.3 Å². The molecule has 0 spiro atoms. The van der Waals surface area contributed by atoms with Gasteiger partial charge in [-0.05, 0) is 56.3 Å². The summed E-state index contributed by atoms with van der Waals surface area (Å²) in [5.41, 5.74) is -1.06. The zero-order valence-corrected chi connectivity index (χ0v) is 17.6. The predicted octanol–water partition coefficient (Wildman–Crippen LogP) is 1.23. The van der Waals surface area contributed by atoms with Gasteiger partial charge in [-0.15, -0.1) is 0 Å². The second-order valence-corrected chi connectivity index (χ2v) is 8.77. The summed E-state index contributed by atoms with van der Waals surface area (Å²) in [6.07, 6.45) is 0. The van der Waals surface area contributed by atoms with E-state index in [4.69, 9.17) is 9.96 Å². The van der Waals surface area contributed by atoms with E-state index < -0.39 is 26.1 Å². The summed E-state index contributed by atoms with van der Waals surface area (Å²) in [7, 11) is -4.47. The van der Waals surface area contributed by atoms with Crippen LogP contribution in [0.25, 0.3) is 33.3 Å². The summed E-state index contributed by atoms with van der Waals surface area (Å²) in [5.74, 6) is -0.565. The Morgan fingerprint density at radius 1 is 0.969 bits per heavy atom. The summed E-state index contributed by atoms with van der Waals surface area (Å²) in [6, 6.07) is 8.55. The highest BCUT2D eigenvalue weighted by molar-refractivity contribution is 7.85. The van der Waals surface area contributed by atoms with Crippen LogP contribution in [-0.4, -0.2) is 28.4 Å². The molecule has 0 atom stereocenters. The Bertz CT molecular complexity index is 1730. The smallest absolute Gasteiger partial charge is 0.294 e. The number of nitrogens with zero attached hydrogens (tertiary/aromatic N) is 1. The fraction of sp³-hybridized carbons (Fsp3) is 0.0909. The van der Waals surface area contributed by atoms with Gasteiger partial charge in [-0.1, -0.05) is 0 Å². The van der Waals surface area contributed by atoms with Gasteiger partial charge in [0.05, 0.1) is 21.7 Å². The molecule has 1 aliphatic carbocycles. The van der Waals surface area contributed by atoms with E-state index in [1.54, 1.807) is 0 Å². The SMILES string of the molecule is CC(=O)c1cc2c3c(c1)c(=O)n(-c1ccc(S(=O)(=O)O)cc1)c(=O)c-3c/c(=C(\C)O)c2=N. The zero-order valence-electron chi connectivity index (χ0n) is 16.8. The fourth-order valence-electron chi connectivity index (χ4n) is 3.72. The Balaban J connectivity index is 2.24. The Morgan fingerprint density at radius 2 is 1.56 bits per heavy atom. The maximum absolute atomic E-state index is 13.3. The van der Waals surface area contributed by atoms with Gasteiger partial charge in [0.25, 0.3) is 21.2 Å². The van der Waals surface area contributed by atoms with Crippen molar-refractivity contribution in [2.75, 3.05) is 0 Å². The molecular weight excluding hydrogens is 436 g/mol. The molecule has 0 saturated heterocycles. The largest absolute Gasteiger partial charge is 0.512 e. The molecular formula is C22H16N2O7S. The number of rotatable bonds is 3. The number of ketones is 1. The molecule has 162 valence electrons. The topological polar surface area (TPSA) is 155 Å². The van der Waals surface area contributed by atoms with Crippen LogP contribution in [0.2, 0.25) is 0 Å². The highest BCUT2D eigenvalue weighted by Gasteiger charge is 2.23. The minimum atomic E-state index is -4.47. The van der Waals surface area contributed by atoms with E-state index in [0.29, 0.717) is 0 Å². The van der Waals surface area contributed by atoms with E-state index in [2.05, 4.69) is 0 Å². The van der Waals surface area contributed by atoms with Crippen LogP contribution in [0.5, 0.6) is 0 Å². The number of benzene rings is 3. The van der Waals surface area contributed by atoms with E-state index in [-0.39, 0.29) is 55.3 Å². The Labute approximate surface area is 180 Å². The normalized spacial score (nSPS) is 13.0. The van der Waals surface area contributed by atoms with Crippen LogP contribution in [0.3, 0.4) is 0 Å². The molecule has 32 heavy (non-hydrogen) atoms. The number of Topliss-reactive ketones (excluding diaryl/α,β-unsaturated/α-hetero) is 1. The third-order valence-electron chi connectivity index (χ3n) is 5.29. The first-order valence-electron chi connectivity index (χ1n) is 9.28. The van der Waals surface area contributed by atoms with Gasteiger partial charge in [-0.2, -0.15) is 8.42 Å². The van der Waals surface area contributed by atoms with E-state index in [9.17, 15) is 27.9 Å². The highest BCUT2D eigenvalue weighted by atomic mass is 32.2. The Morgan fingerprint density at radius 3 is 2.09 bits per heavy atom. The Hall–Kier alpha value is -3.89. The lowest BCUT2D eigenvalue weighted by atomic mass is 9.91. The number of aromatic nitrogens is 1. The standard InChI is InChI=1S/C22H16N2O7S/c1-10(25)12-7-16-19-17(8-12)21(27)24(13-3-5-14(6-4-13)32(29,30)31)22(28)18(19)9-15(11(2)26)20(16)23/h3-9,23,26H,1-2H3,(H,29,30,31)/b15-11-,23-20?. The molecule has 0 unspecified atom stereocenters. The van der Waals surface area contributed by atoms with Gasteiger partial charge in [0, 0.05) is 32.7 Å². The summed E-state index contributed by atoms with van der Waals surface area (Å²) < 4.78 is 32.6. The minimum Gasteiger partial charge on any atom is -0.512 e. The van der Waals surface area contributed by atoms with Gasteiger partial charge in [0.2, 0.25) is 0 Å². The van der Waals surface area contributed by atoms with Crippen molar-refractivity contribution >= 4 is 32.4 Å². The van der Waals surface area contributed by atoms with Crippen molar-refractivity contribution < 1.29 is 22.9 Å². The number of pyridine rings is 1. The molecule has 0 saturated carbocycles. The number of hydrogen-bond acceptors (Lipinski definition) is 7. The van der Waals surface area contributed by atoms with Crippen LogP contribution in [0, 0.1) is 5.41 Å². The van der Waals surface area contributed by atoms with Crippen LogP contribution in [0.4, 0.5) is 0 Å². The minimum absolute atomic E-state index is 0.0248. The average Bonchev–Trinajstić information content (AvgIpc) is 2.72. The number of carbonyl (C=O) groups is 1. The predicted molar refractivity (Wildman–Crippen MR) is 116 cm³/mol. The first kappa shape index (κ1) is 21.3. The molecule has 0 radical (unpaired) electrons. The molecule has 4 rings (SSSR count). The first-order chi connectivity index (χ1) is 14.9. The molecule has 0 bridgehead atoms. The molecule has 2 aromatic carbocycles. The van der Waals surface area contributed by atoms with Crippen molar-refractivity contribution in [1.29, 1.82) is 5.41 Å². The van der Waals surface area contributed by atoms with E-state index in [1.807, 2.05) is 0 Å². The van der Waals surface area contributed by atoms with Gasteiger partial charge in [-0.3, -0.25) is 24.3 Å². The van der Waals surface area contributed by atoms with Crippen molar-refractivity contribution in [2.24, 2.45) is 0 Å². The maximum Gasteiger partial charge on any atom is 0.294 e. The monoisotopic (exact) mass is 452 g/mol. The number of hydrogen-bond donors (Lipinski definition) is 3. The third-order valence-corrected chi connectivity index (χ3v) is 6.16. The lowest BCUT2D eigenvalue weighted by Crippen LogP contribution is -2.37. The molecule has 0 amide bonds. The van der Waals surface area contributed by atoms with Gasteiger partial charge in [-0.25, -0.2) is 4.57 Å². The molecule has 3 N–H and O–H groups in total. The third kappa shape index (κ3) is 3.17. The second kappa shape index (κ2) is 7.08. The highest BCUT2D eigenvalue weighted by Crippen LogP contribution is 2.27. The van der Waals surface area contributed by atoms with Crippen LogP contribution >= 0.6 is 0 Å². The summed E-state index contributed by atoms with van der Waals surface area (Å²) in [4.78, 5) is 38.3. The molecule has 0 fully saturated rings. The molecule has 1 heterocycles. The van der Waals surface area contributed by atoms with Gasteiger partial charge >= 0.3 is 0 Å². The fourth-order valence-corrected chi connectivity index (χ4v) is 4.20. The van der Waals surface area contributed by atoms with Crippen LogP contribution < -0.4 is 21.7 Å². The average molecular weight is 452 g/mol. The van der Waals surface area contributed by atoms with Crippen LogP contribution in [0.1, 0.15) is 24.2 Å². The molecule has 0 aromatic heterocycles. The van der Waals surface area contributed by atoms with Gasteiger partial charge < -0.3 is 5.11 Å². The number of aliphatic hydroxyl groups excluding tert-OH is 1. The first-order valence-corrected chi connectivity index (χ1v) is 10.7. The van der Waals surface area contributed by atoms with Crippen molar-refractivity contribution in [3.63, 3.8) is 0 Å². The molecule has 2 aromatic rings.